The highest BCUT2D eigenvalue weighted by atomic mass is 19.4. The van der Waals surface area contributed by atoms with Crippen molar-refractivity contribution in [3.63, 3.8) is 0 Å². The molecular formula is C10H9F3N2O. The quantitative estimate of drug-likeness (QED) is 0.739. The second kappa shape index (κ2) is 3.40. The Kier molecular flexibility index (Phi) is 2.29. The monoisotopic (exact) mass is 230 g/mol. The lowest BCUT2D eigenvalue weighted by Gasteiger charge is -2.33. The molecule has 1 atom stereocenters. The van der Waals surface area contributed by atoms with E-state index in [2.05, 4.69) is 5.32 Å². The highest BCUT2D eigenvalue weighted by Crippen LogP contribution is 2.35. The number of nitrogens with zero attached hydrogens (tertiary/aromatic N) is 1. The van der Waals surface area contributed by atoms with Crippen molar-refractivity contribution in [2.24, 2.45) is 0 Å². The Hall–Kier alpha value is -1.72. The molecule has 0 bridgehead atoms. The number of amides is 1. The molecule has 0 spiro atoms. The fourth-order valence-electron chi connectivity index (χ4n) is 1.64. The minimum Gasteiger partial charge on any atom is -0.365 e. The van der Waals surface area contributed by atoms with Crippen LogP contribution in [0.4, 0.5) is 24.5 Å². The van der Waals surface area contributed by atoms with E-state index >= 15 is 0 Å². The molecule has 0 saturated heterocycles. The minimum atomic E-state index is -4.58. The predicted molar refractivity (Wildman–Crippen MR) is 53.3 cm³/mol. The van der Waals surface area contributed by atoms with Crippen molar-refractivity contribution < 1.29 is 18.0 Å². The summed E-state index contributed by atoms with van der Waals surface area (Å²) in [6.07, 6.45) is -4.58. The van der Waals surface area contributed by atoms with Crippen LogP contribution >= 0.6 is 0 Å². The van der Waals surface area contributed by atoms with Gasteiger partial charge in [-0.3, -0.25) is 4.79 Å². The second-order valence-electron chi connectivity index (χ2n) is 3.53. The van der Waals surface area contributed by atoms with E-state index in [4.69, 9.17) is 0 Å². The minimum absolute atomic E-state index is 0.312. The summed E-state index contributed by atoms with van der Waals surface area (Å²) in [5.74, 6) is -0.994. The molecule has 0 aromatic heterocycles. The zero-order valence-corrected chi connectivity index (χ0v) is 8.38. The zero-order valence-electron chi connectivity index (χ0n) is 8.38. The topological polar surface area (TPSA) is 32.3 Å². The first-order valence-corrected chi connectivity index (χ1v) is 4.61. The number of carbonyl (C=O) groups excluding carboxylic acids is 1. The number of alkyl halides is 3. The average molecular weight is 230 g/mol. The summed E-state index contributed by atoms with van der Waals surface area (Å²) in [5, 5.41) is 2.20. The van der Waals surface area contributed by atoms with Gasteiger partial charge in [0.25, 0.3) is 5.91 Å². The number of likely N-dealkylation sites (N-methyl/N-ethyl adjacent to an activating group) is 1. The molecule has 1 aromatic carbocycles. The molecule has 0 unspecified atom stereocenters. The fourth-order valence-corrected chi connectivity index (χ4v) is 1.64. The lowest BCUT2D eigenvalue weighted by Crippen LogP contribution is -2.52. The smallest absolute Gasteiger partial charge is 0.365 e. The molecule has 86 valence electrons. The van der Waals surface area contributed by atoms with Crippen LogP contribution in [0.1, 0.15) is 0 Å². The molecule has 16 heavy (non-hydrogen) atoms. The van der Waals surface area contributed by atoms with Gasteiger partial charge >= 0.3 is 6.18 Å². The van der Waals surface area contributed by atoms with Gasteiger partial charge in [0, 0.05) is 7.05 Å². The van der Waals surface area contributed by atoms with Gasteiger partial charge < -0.3 is 10.2 Å². The second-order valence-corrected chi connectivity index (χ2v) is 3.53. The van der Waals surface area contributed by atoms with Crippen molar-refractivity contribution in [1.29, 1.82) is 0 Å². The number of para-hydroxylation sites is 2. The third-order valence-corrected chi connectivity index (χ3v) is 2.47. The highest BCUT2D eigenvalue weighted by Gasteiger charge is 2.48. The molecule has 1 aliphatic heterocycles. The van der Waals surface area contributed by atoms with E-state index in [1.807, 2.05) is 0 Å². The third-order valence-electron chi connectivity index (χ3n) is 2.47. The Labute approximate surface area is 89.9 Å². The van der Waals surface area contributed by atoms with Crippen molar-refractivity contribution in [2.45, 2.75) is 12.2 Å². The molecule has 0 aliphatic carbocycles. The van der Waals surface area contributed by atoms with Gasteiger partial charge in [-0.25, -0.2) is 0 Å². The summed E-state index contributed by atoms with van der Waals surface area (Å²) < 4.78 is 37.6. The number of fused-ring (bicyclic) bond motifs is 1. The number of anilines is 2. The highest BCUT2D eigenvalue weighted by molar-refractivity contribution is 6.04. The Morgan fingerprint density at radius 2 is 1.94 bits per heavy atom. The third kappa shape index (κ3) is 1.60. The Balaban J connectivity index is 2.44. The summed E-state index contributed by atoms with van der Waals surface area (Å²) in [5.41, 5.74) is 0.764. The molecule has 0 saturated carbocycles. The maximum atomic E-state index is 12.5. The molecule has 0 fully saturated rings. The van der Waals surface area contributed by atoms with Crippen LogP contribution in [0.15, 0.2) is 24.3 Å². The van der Waals surface area contributed by atoms with E-state index in [0.717, 1.165) is 4.90 Å². The number of hydrogen-bond donors (Lipinski definition) is 1. The van der Waals surface area contributed by atoms with Crippen LogP contribution in [-0.2, 0) is 4.79 Å². The van der Waals surface area contributed by atoms with Gasteiger partial charge in [0.1, 0.15) is 0 Å². The van der Waals surface area contributed by atoms with Gasteiger partial charge in [-0.15, -0.1) is 0 Å². The molecule has 3 nitrogen and oxygen atoms in total. The molecule has 1 N–H and O–H groups in total. The normalized spacial score (nSPS) is 20.4. The van der Waals surface area contributed by atoms with Crippen LogP contribution in [0.25, 0.3) is 0 Å². The Morgan fingerprint density at radius 1 is 1.31 bits per heavy atom. The summed E-state index contributed by atoms with van der Waals surface area (Å²) in [6.45, 7) is 0. The van der Waals surface area contributed by atoms with Crippen LogP contribution in [0, 0.1) is 0 Å². The lowest BCUT2D eigenvalue weighted by atomic mass is 10.1. The van der Waals surface area contributed by atoms with Crippen molar-refractivity contribution in [2.75, 3.05) is 17.3 Å². The van der Waals surface area contributed by atoms with Crippen LogP contribution in [-0.4, -0.2) is 25.2 Å². The SMILES string of the molecule is CN1C(=O)[C@H](C(F)(F)F)Nc2ccccc21. The van der Waals surface area contributed by atoms with Gasteiger partial charge in [-0.05, 0) is 12.1 Å². The lowest BCUT2D eigenvalue weighted by molar-refractivity contribution is -0.157. The molecule has 1 amide bonds. The van der Waals surface area contributed by atoms with Crippen molar-refractivity contribution in [1.82, 2.24) is 0 Å². The van der Waals surface area contributed by atoms with Crippen molar-refractivity contribution in [3.05, 3.63) is 24.3 Å². The summed E-state index contributed by atoms with van der Waals surface area (Å²) in [6, 6.07) is 4.22. The molecule has 1 aromatic rings. The van der Waals surface area contributed by atoms with E-state index in [9.17, 15) is 18.0 Å². The van der Waals surface area contributed by atoms with Gasteiger partial charge in [0.2, 0.25) is 6.04 Å². The standard InChI is InChI=1S/C10H9F3N2O/c1-15-7-5-3-2-4-6(7)14-8(9(15)16)10(11,12)13/h2-5,8,14H,1H3/t8-/m1/s1. The first-order chi connectivity index (χ1) is 7.41. The first kappa shape index (κ1) is 10.8. The number of nitrogens with one attached hydrogen (secondary N) is 1. The van der Waals surface area contributed by atoms with E-state index in [1.54, 1.807) is 18.2 Å². The van der Waals surface area contributed by atoms with E-state index in [-0.39, 0.29) is 0 Å². The summed E-state index contributed by atoms with van der Waals surface area (Å²) >= 11 is 0. The molecule has 0 radical (unpaired) electrons. The van der Waals surface area contributed by atoms with Crippen LogP contribution in [0.2, 0.25) is 0 Å². The van der Waals surface area contributed by atoms with Crippen LogP contribution in [0.5, 0.6) is 0 Å². The number of rotatable bonds is 0. The largest absolute Gasteiger partial charge is 0.417 e. The predicted octanol–water partition coefficient (Wildman–Crippen LogP) is 2.01. The zero-order chi connectivity index (χ0) is 11.9. The number of benzene rings is 1. The maximum absolute atomic E-state index is 12.5. The number of halogens is 3. The Bertz CT molecular complexity index is 430. The Morgan fingerprint density at radius 3 is 2.56 bits per heavy atom. The molecule has 1 heterocycles. The van der Waals surface area contributed by atoms with Crippen LogP contribution < -0.4 is 10.2 Å². The van der Waals surface area contributed by atoms with Crippen LogP contribution in [0.3, 0.4) is 0 Å². The number of carbonyl (C=O) groups is 1. The first-order valence-electron chi connectivity index (χ1n) is 4.61. The van der Waals surface area contributed by atoms with Gasteiger partial charge in [0.05, 0.1) is 11.4 Å². The van der Waals surface area contributed by atoms with E-state index in [0.29, 0.717) is 11.4 Å². The molecular weight excluding hydrogens is 221 g/mol. The van der Waals surface area contributed by atoms with Crippen molar-refractivity contribution >= 4 is 17.3 Å². The van der Waals surface area contributed by atoms with Crippen molar-refractivity contribution in [3.8, 4) is 0 Å². The van der Waals surface area contributed by atoms with Gasteiger partial charge in [-0.2, -0.15) is 13.2 Å². The van der Waals surface area contributed by atoms with E-state index < -0.39 is 18.1 Å². The van der Waals surface area contributed by atoms with Gasteiger partial charge in [-0.1, -0.05) is 12.1 Å². The van der Waals surface area contributed by atoms with Gasteiger partial charge in [0.15, 0.2) is 0 Å². The molecule has 6 heteroatoms. The summed E-state index contributed by atoms with van der Waals surface area (Å²) in [7, 11) is 1.33. The molecule has 1 aliphatic rings. The fraction of sp³-hybridized carbons (Fsp3) is 0.300. The average Bonchev–Trinajstić information content (AvgIpc) is 2.22. The number of hydrogen-bond acceptors (Lipinski definition) is 2. The maximum Gasteiger partial charge on any atom is 0.417 e. The summed E-state index contributed by atoms with van der Waals surface area (Å²) in [4.78, 5) is 12.5. The van der Waals surface area contributed by atoms with E-state index in [1.165, 1.54) is 13.1 Å². The molecule has 2 rings (SSSR count).